The molecule has 0 saturated carbocycles. The Morgan fingerprint density at radius 3 is 2.43 bits per heavy atom. The Labute approximate surface area is 163 Å². The number of aromatic hydroxyl groups is 1. The van der Waals surface area contributed by atoms with Gasteiger partial charge in [-0.2, -0.15) is 0 Å². The standard InChI is InChI=1S/C22H23NO5/c1-13(2)12-28-17-9-7-14(8-10-17)20(25)18-19(23(3)22(27)21(18)26)15-5-4-6-16(24)11-15/h4-11,13,19,24-25H,12H2,1-3H3/b20-18+. The summed E-state index contributed by atoms with van der Waals surface area (Å²) in [6.07, 6.45) is 0. The monoisotopic (exact) mass is 381 g/mol. The van der Waals surface area contributed by atoms with Crippen molar-refractivity contribution in [2.75, 3.05) is 13.7 Å². The molecular formula is C22H23NO5. The summed E-state index contributed by atoms with van der Waals surface area (Å²) in [6, 6.07) is 12.2. The smallest absolute Gasteiger partial charge is 0.295 e. The van der Waals surface area contributed by atoms with Crippen molar-refractivity contribution >= 4 is 17.4 Å². The average Bonchev–Trinajstić information content (AvgIpc) is 2.90. The van der Waals surface area contributed by atoms with Gasteiger partial charge in [0.15, 0.2) is 0 Å². The summed E-state index contributed by atoms with van der Waals surface area (Å²) >= 11 is 0. The molecule has 0 bridgehead atoms. The Hall–Kier alpha value is -3.28. The molecular weight excluding hydrogens is 358 g/mol. The fourth-order valence-corrected chi connectivity index (χ4v) is 3.16. The van der Waals surface area contributed by atoms with Gasteiger partial charge in [-0.15, -0.1) is 0 Å². The predicted octanol–water partition coefficient (Wildman–Crippen LogP) is 3.48. The van der Waals surface area contributed by atoms with Crippen LogP contribution in [0.5, 0.6) is 11.5 Å². The molecule has 1 aliphatic heterocycles. The quantitative estimate of drug-likeness (QED) is 0.470. The fourth-order valence-electron chi connectivity index (χ4n) is 3.16. The molecule has 6 nitrogen and oxygen atoms in total. The van der Waals surface area contributed by atoms with Crippen LogP contribution in [-0.2, 0) is 9.59 Å². The largest absolute Gasteiger partial charge is 0.508 e. The number of aliphatic hydroxyl groups excluding tert-OH is 1. The lowest BCUT2D eigenvalue weighted by atomic mass is 9.95. The molecule has 3 rings (SSSR count). The first-order valence-electron chi connectivity index (χ1n) is 9.06. The highest BCUT2D eigenvalue weighted by Gasteiger charge is 2.44. The van der Waals surface area contributed by atoms with Gasteiger partial charge >= 0.3 is 0 Å². The summed E-state index contributed by atoms with van der Waals surface area (Å²) in [5, 5.41) is 20.6. The normalized spacial score (nSPS) is 18.7. The van der Waals surface area contributed by atoms with Crippen molar-refractivity contribution < 1.29 is 24.5 Å². The van der Waals surface area contributed by atoms with E-state index in [2.05, 4.69) is 0 Å². The minimum atomic E-state index is -0.774. The number of amides is 1. The predicted molar refractivity (Wildman–Crippen MR) is 105 cm³/mol. The minimum absolute atomic E-state index is 0.00560. The number of nitrogens with zero attached hydrogens (tertiary/aromatic N) is 1. The zero-order valence-corrected chi connectivity index (χ0v) is 16.0. The number of benzene rings is 2. The van der Waals surface area contributed by atoms with Crippen molar-refractivity contribution in [3.8, 4) is 11.5 Å². The number of phenolic OH excluding ortho intramolecular Hbond substituents is 1. The molecule has 2 N–H and O–H groups in total. The molecule has 1 aliphatic rings. The van der Waals surface area contributed by atoms with Crippen LogP contribution in [0.15, 0.2) is 54.1 Å². The Morgan fingerprint density at radius 2 is 1.82 bits per heavy atom. The van der Waals surface area contributed by atoms with Crippen LogP contribution in [0, 0.1) is 5.92 Å². The summed E-state index contributed by atoms with van der Waals surface area (Å²) in [6.45, 7) is 4.67. The number of rotatable bonds is 5. The van der Waals surface area contributed by atoms with Gasteiger partial charge in [-0.1, -0.05) is 26.0 Å². The van der Waals surface area contributed by atoms with E-state index >= 15 is 0 Å². The van der Waals surface area contributed by atoms with Gasteiger partial charge in [0, 0.05) is 12.6 Å². The Morgan fingerprint density at radius 1 is 1.14 bits per heavy atom. The van der Waals surface area contributed by atoms with Crippen LogP contribution in [0.25, 0.3) is 5.76 Å². The zero-order chi connectivity index (χ0) is 20.4. The highest BCUT2D eigenvalue weighted by atomic mass is 16.5. The zero-order valence-electron chi connectivity index (χ0n) is 16.0. The second-order valence-electron chi connectivity index (χ2n) is 7.23. The van der Waals surface area contributed by atoms with Gasteiger partial charge in [0.2, 0.25) is 0 Å². The van der Waals surface area contributed by atoms with E-state index in [1.165, 1.54) is 24.1 Å². The summed E-state index contributed by atoms with van der Waals surface area (Å²) in [5.41, 5.74) is 0.947. The first-order valence-corrected chi connectivity index (χ1v) is 9.06. The van der Waals surface area contributed by atoms with Crippen molar-refractivity contribution in [2.45, 2.75) is 19.9 Å². The van der Waals surface area contributed by atoms with Gasteiger partial charge in [-0.05, 0) is 47.9 Å². The average molecular weight is 381 g/mol. The van der Waals surface area contributed by atoms with Gasteiger partial charge in [-0.3, -0.25) is 9.59 Å². The lowest BCUT2D eigenvalue weighted by Gasteiger charge is -2.21. The third kappa shape index (κ3) is 3.71. The van der Waals surface area contributed by atoms with E-state index < -0.39 is 17.7 Å². The number of Topliss-reactive ketones (excluding diaryl/α,β-unsaturated/α-hetero) is 1. The summed E-state index contributed by atoms with van der Waals surface area (Å²) < 4.78 is 5.63. The second kappa shape index (κ2) is 7.76. The van der Waals surface area contributed by atoms with Crippen LogP contribution in [0.4, 0.5) is 0 Å². The van der Waals surface area contributed by atoms with Crippen LogP contribution >= 0.6 is 0 Å². The first kappa shape index (κ1) is 19.5. The molecule has 6 heteroatoms. The number of hydrogen-bond acceptors (Lipinski definition) is 5. The topological polar surface area (TPSA) is 87.1 Å². The summed E-state index contributed by atoms with van der Waals surface area (Å²) in [5.74, 6) is -0.656. The molecule has 0 radical (unpaired) electrons. The van der Waals surface area contributed by atoms with Gasteiger partial charge < -0.3 is 19.8 Å². The Bertz CT molecular complexity index is 930. The van der Waals surface area contributed by atoms with E-state index in [0.29, 0.717) is 29.4 Å². The molecule has 0 aliphatic carbocycles. The fraction of sp³-hybridized carbons (Fsp3) is 0.273. The van der Waals surface area contributed by atoms with E-state index in [4.69, 9.17) is 4.74 Å². The lowest BCUT2D eigenvalue weighted by Crippen LogP contribution is -2.24. The Balaban J connectivity index is 2.00. The van der Waals surface area contributed by atoms with Crippen LogP contribution in [0.3, 0.4) is 0 Å². The molecule has 1 amide bonds. The number of ketones is 1. The van der Waals surface area contributed by atoms with Crippen molar-refractivity contribution in [3.63, 3.8) is 0 Å². The van der Waals surface area contributed by atoms with Gasteiger partial charge in [0.05, 0.1) is 18.2 Å². The molecule has 146 valence electrons. The number of phenols is 1. The highest BCUT2D eigenvalue weighted by Crippen LogP contribution is 2.39. The summed E-state index contributed by atoms with van der Waals surface area (Å²) in [7, 11) is 1.50. The number of carbonyl (C=O) groups is 2. The van der Waals surface area contributed by atoms with E-state index in [0.717, 1.165) is 0 Å². The molecule has 1 heterocycles. The third-order valence-electron chi connectivity index (χ3n) is 4.57. The van der Waals surface area contributed by atoms with Crippen LogP contribution in [0.2, 0.25) is 0 Å². The third-order valence-corrected chi connectivity index (χ3v) is 4.57. The molecule has 1 unspecified atom stereocenters. The van der Waals surface area contributed by atoms with Crippen molar-refractivity contribution in [2.24, 2.45) is 5.92 Å². The highest BCUT2D eigenvalue weighted by molar-refractivity contribution is 6.46. The number of carbonyl (C=O) groups excluding carboxylic acids is 2. The summed E-state index contributed by atoms with van der Waals surface area (Å²) in [4.78, 5) is 26.1. The number of aliphatic hydroxyl groups is 1. The van der Waals surface area contributed by atoms with E-state index in [9.17, 15) is 19.8 Å². The molecule has 28 heavy (non-hydrogen) atoms. The van der Waals surface area contributed by atoms with Gasteiger partial charge in [-0.25, -0.2) is 0 Å². The van der Waals surface area contributed by atoms with Crippen LogP contribution in [-0.4, -0.2) is 40.5 Å². The maximum atomic E-state index is 12.5. The first-order chi connectivity index (χ1) is 13.3. The number of likely N-dealkylation sites (tertiary alicyclic amines) is 1. The van der Waals surface area contributed by atoms with Crippen molar-refractivity contribution in [1.82, 2.24) is 4.90 Å². The molecule has 0 aromatic heterocycles. The van der Waals surface area contributed by atoms with Crippen LogP contribution in [0.1, 0.15) is 31.0 Å². The maximum Gasteiger partial charge on any atom is 0.295 e. The van der Waals surface area contributed by atoms with Gasteiger partial charge in [0.25, 0.3) is 11.7 Å². The maximum absolute atomic E-state index is 12.5. The number of ether oxygens (including phenoxy) is 1. The molecule has 1 fully saturated rings. The van der Waals surface area contributed by atoms with E-state index in [1.807, 2.05) is 13.8 Å². The molecule has 2 aromatic rings. The molecule has 1 atom stereocenters. The Kier molecular flexibility index (Phi) is 5.40. The number of hydrogen-bond donors (Lipinski definition) is 2. The minimum Gasteiger partial charge on any atom is -0.508 e. The van der Waals surface area contributed by atoms with Crippen molar-refractivity contribution in [3.05, 3.63) is 65.2 Å². The van der Waals surface area contributed by atoms with E-state index in [1.54, 1.807) is 36.4 Å². The lowest BCUT2D eigenvalue weighted by molar-refractivity contribution is -0.139. The SMILES string of the molecule is CC(C)COc1ccc(/C(O)=C2\C(=O)C(=O)N(C)C2c2cccc(O)c2)cc1. The molecule has 2 aromatic carbocycles. The molecule has 0 spiro atoms. The van der Waals surface area contributed by atoms with E-state index in [-0.39, 0.29) is 17.1 Å². The second-order valence-corrected chi connectivity index (χ2v) is 7.23. The number of likely N-dealkylation sites (N-methyl/N-ethyl adjacent to an activating group) is 1. The van der Waals surface area contributed by atoms with Crippen LogP contribution < -0.4 is 4.74 Å². The molecule has 1 saturated heterocycles. The van der Waals surface area contributed by atoms with Gasteiger partial charge in [0.1, 0.15) is 17.3 Å². The van der Waals surface area contributed by atoms with Crippen molar-refractivity contribution in [1.29, 1.82) is 0 Å².